The van der Waals surface area contributed by atoms with E-state index in [-0.39, 0.29) is 12.6 Å². The smallest absolute Gasteiger partial charge is 0.313 e. The van der Waals surface area contributed by atoms with Crippen LogP contribution in [0.15, 0.2) is 47.1 Å². The average Bonchev–Trinajstić information content (AvgIpc) is 3.25. The molecule has 1 aromatic carbocycles. The minimum atomic E-state index is -0.743. The summed E-state index contributed by atoms with van der Waals surface area (Å²) in [7, 11) is 0. The number of anilines is 1. The largest absolute Gasteiger partial charge is 0.492 e. The van der Waals surface area contributed by atoms with Crippen LogP contribution in [0.4, 0.5) is 5.69 Å². The van der Waals surface area contributed by atoms with E-state index in [9.17, 15) is 9.59 Å². The molecule has 1 atom stereocenters. The summed E-state index contributed by atoms with van der Waals surface area (Å²) < 4.78 is 16.4. The highest BCUT2D eigenvalue weighted by atomic mass is 16.5. The summed E-state index contributed by atoms with van der Waals surface area (Å²) >= 11 is 0. The zero-order valence-electron chi connectivity index (χ0n) is 15.8. The maximum Gasteiger partial charge on any atom is 0.313 e. The van der Waals surface area contributed by atoms with Gasteiger partial charge >= 0.3 is 11.8 Å². The van der Waals surface area contributed by atoms with Gasteiger partial charge in [0.05, 0.1) is 37.8 Å². The molecule has 1 aromatic heterocycles. The van der Waals surface area contributed by atoms with Gasteiger partial charge in [0, 0.05) is 19.6 Å². The number of carbonyl (C=O) groups excluding carboxylic acids is 2. The highest BCUT2D eigenvalue weighted by Crippen LogP contribution is 2.24. The summed E-state index contributed by atoms with van der Waals surface area (Å²) in [5, 5.41) is 5.31. The third-order valence-electron chi connectivity index (χ3n) is 4.46. The fraction of sp³-hybridized carbons (Fsp3) is 0.400. The zero-order valence-corrected chi connectivity index (χ0v) is 15.8. The molecule has 1 aliphatic heterocycles. The van der Waals surface area contributed by atoms with E-state index in [0.717, 1.165) is 18.8 Å². The van der Waals surface area contributed by atoms with Crippen molar-refractivity contribution in [1.29, 1.82) is 0 Å². The van der Waals surface area contributed by atoms with Crippen molar-refractivity contribution >= 4 is 17.5 Å². The van der Waals surface area contributed by atoms with E-state index in [1.807, 2.05) is 19.1 Å². The predicted octanol–water partition coefficient (Wildman–Crippen LogP) is 1.81. The number of benzene rings is 1. The molecule has 0 aliphatic carbocycles. The number of nitrogens with one attached hydrogen (secondary N) is 2. The molecule has 8 nitrogen and oxygen atoms in total. The Labute approximate surface area is 163 Å². The fourth-order valence-electron chi connectivity index (χ4n) is 3.08. The Bertz CT molecular complexity index is 772. The molecule has 2 aromatic rings. The fourth-order valence-corrected chi connectivity index (χ4v) is 3.08. The molecule has 1 saturated heterocycles. The summed E-state index contributed by atoms with van der Waals surface area (Å²) in [5.74, 6) is -0.194. The van der Waals surface area contributed by atoms with Crippen LogP contribution in [0.2, 0.25) is 0 Å². The lowest BCUT2D eigenvalue weighted by atomic mass is 10.1. The van der Waals surface area contributed by atoms with E-state index >= 15 is 0 Å². The van der Waals surface area contributed by atoms with Crippen molar-refractivity contribution in [3.8, 4) is 5.75 Å². The van der Waals surface area contributed by atoms with E-state index in [0.29, 0.717) is 31.3 Å². The summed E-state index contributed by atoms with van der Waals surface area (Å²) in [4.78, 5) is 26.8. The van der Waals surface area contributed by atoms with Gasteiger partial charge in [0.1, 0.15) is 11.5 Å². The molecular formula is C20H25N3O5. The highest BCUT2D eigenvalue weighted by Gasteiger charge is 2.26. The molecule has 1 aliphatic rings. The summed E-state index contributed by atoms with van der Waals surface area (Å²) in [5.41, 5.74) is 0.459. The number of para-hydroxylation sites is 2. The van der Waals surface area contributed by atoms with E-state index < -0.39 is 11.8 Å². The topological polar surface area (TPSA) is 93.0 Å². The molecule has 1 unspecified atom stereocenters. The van der Waals surface area contributed by atoms with Crippen LogP contribution in [-0.4, -0.2) is 56.2 Å². The normalized spacial score (nSPS) is 15.6. The van der Waals surface area contributed by atoms with Gasteiger partial charge in [-0.25, -0.2) is 0 Å². The Balaban J connectivity index is 1.60. The first kappa shape index (κ1) is 19.9. The Morgan fingerprint density at radius 2 is 1.93 bits per heavy atom. The second kappa shape index (κ2) is 9.91. The number of hydrogen-bond acceptors (Lipinski definition) is 6. The minimum Gasteiger partial charge on any atom is -0.492 e. The van der Waals surface area contributed by atoms with Crippen LogP contribution >= 0.6 is 0 Å². The third kappa shape index (κ3) is 5.11. The highest BCUT2D eigenvalue weighted by molar-refractivity contribution is 6.39. The number of rotatable bonds is 7. The first-order chi connectivity index (χ1) is 13.7. The maximum absolute atomic E-state index is 12.3. The molecular weight excluding hydrogens is 362 g/mol. The molecule has 28 heavy (non-hydrogen) atoms. The van der Waals surface area contributed by atoms with Crippen LogP contribution in [0.3, 0.4) is 0 Å². The first-order valence-electron chi connectivity index (χ1n) is 9.35. The molecule has 2 heterocycles. The Kier molecular flexibility index (Phi) is 7.05. The van der Waals surface area contributed by atoms with Crippen LogP contribution in [0, 0.1) is 0 Å². The van der Waals surface area contributed by atoms with Crippen molar-refractivity contribution in [1.82, 2.24) is 10.2 Å². The van der Waals surface area contributed by atoms with Crippen LogP contribution in [0.25, 0.3) is 0 Å². The lowest BCUT2D eigenvalue weighted by Gasteiger charge is -2.33. The molecule has 0 spiro atoms. The number of nitrogens with zero attached hydrogens (tertiary/aromatic N) is 1. The molecule has 0 radical (unpaired) electrons. The number of furan rings is 1. The van der Waals surface area contributed by atoms with E-state index in [1.165, 1.54) is 0 Å². The summed E-state index contributed by atoms with van der Waals surface area (Å²) in [6.07, 6.45) is 1.60. The van der Waals surface area contributed by atoms with Crippen molar-refractivity contribution in [2.75, 3.05) is 44.8 Å². The Morgan fingerprint density at radius 1 is 1.14 bits per heavy atom. The Hall–Kier alpha value is -2.84. The second-order valence-electron chi connectivity index (χ2n) is 6.27. The van der Waals surface area contributed by atoms with Gasteiger partial charge in [-0.2, -0.15) is 0 Å². The van der Waals surface area contributed by atoms with E-state index in [1.54, 1.807) is 30.5 Å². The quantitative estimate of drug-likeness (QED) is 0.704. The molecule has 3 rings (SSSR count). The molecule has 8 heteroatoms. The van der Waals surface area contributed by atoms with Gasteiger partial charge in [-0.3, -0.25) is 14.5 Å². The molecule has 2 amide bonds. The second-order valence-corrected chi connectivity index (χ2v) is 6.27. The maximum atomic E-state index is 12.3. The molecule has 0 saturated carbocycles. The monoisotopic (exact) mass is 387 g/mol. The predicted molar refractivity (Wildman–Crippen MR) is 103 cm³/mol. The lowest BCUT2D eigenvalue weighted by molar-refractivity contribution is -0.136. The van der Waals surface area contributed by atoms with Crippen molar-refractivity contribution in [3.63, 3.8) is 0 Å². The SMILES string of the molecule is CCOc1ccccc1NC(=O)C(=O)NCC(c1ccco1)N1CCOCC1. The number of carbonyl (C=O) groups is 2. The van der Waals surface area contributed by atoms with Crippen LogP contribution in [0.1, 0.15) is 18.7 Å². The summed E-state index contributed by atoms with van der Waals surface area (Å²) in [6, 6.07) is 10.5. The zero-order chi connectivity index (χ0) is 19.8. The van der Waals surface area contributed by atoms with Crippen molar-refractivity contribution in [3.05, 3.63) is 48.4 Å². The van der Waals surface area contributed by atoms with Gasteiger partial charge in [0.25, 0.3) is 0 Å². The van der Waals surface area contributed by atoms with Gasteiger partial charge in [-0.15, -0.1) is 0 Å². The third-order valence-corrected chi connectivity index (χ3v) is 4.46. The van der Waals surface area contributed by atoms with Gasteiger partial charge in [-0.05, 0) is 31.2 Å². The molecule has 0 bridgehead atoms. The lowest BCUT2D eigenvalue weighted by Crippen LogP contribution is -2.45. The number of amides is 2. The van der Waals surface area contributed by atoms with E-state index in [2.05, 4.69) is 15.5 Å². The van der Waals surface area contributed by atoms with Gasteiger partial charge < -0.3 is 24.5 Å². The average molecular weight is 387 g/mol. The van der Waals surface area contributed by atoms with Crippen molar-refractivity contribution in [2.45, 2.75) is 13.0 Å². The number of ether oxygens (including phenoxy) is 2. The minimum absolute atomic E-state index is 0.161. The van der Waals surface area contributed by atoms with Crippen LogP contribution in [0.5, 0.6) is 5.75 Å². The van der Waals surface area contributed by atoms with Crippen LogP contribution in [-0.2, 0) is 14.3 Å². The van der Waals surface area contributed by atoms with Crippen LogP contribution < -0.4 is 15.4 Å². The van der Waals surface area contributed by atoms with Gasteiger partial charge in [0.15, 0.2) is 0 Å². The standard InChI is InChI=1S/C20H25N3O5/c1-2-27-17-7-4-3-6-15(17)22-20(25)19(24)21-14-16(18-8-5-11-28-18)23-9-12-26-13-10-23/h3-8,11,16H,2,9-10,12-14H2,1H3,(H,21,24)(H,22,25). The van der Waals surface area contributed by atoms with Gasteiger partial charge in [-0.1, -0.05) is 12.1 Å². The summed E-state index contributed by atoms with van der Waals surface area (Å²) in [6.45, 7) is 5.28. The number of hydrogen-bond donors (Lipinski definition) is 2. The molecule has 1 fully saturated rings. The number of morpholine rings is 1. The molecule has 2 N–H and O–H groups in total. The van der Waals surface area contributed by atoms with E-state index in [4.69, 9.17) is 13.9 Å². The van der Waals surface area contributed by atoms with Crippen molar-refractivity contribution < 1.29 is 23.5 Å². The Morgan fingerprint density at radius 3 is 2.64 bits per heavy atom. The van der Waals surface area contributed by atoms with Gasteiger partial charge in [0.2, 0.25) is 0 Å². The first-order valence-corrected chi connectivity index (χ1v) is 9.35. The molecule has 150 valence electrons. The van der Waals surface area contributed by atoms with Crippen molar-refractivity contribution in [2.24, 2.45) is 0 Å².